The number of carboxylic acids is 2. The number of ether oxygens (including phenoxy) is 1. The molecule has 1 unspecified atom stereocenters. The molecule has 0 aromatic heterocycles. The molecule has 40 heavy (non-hydrogen) atoms. The maximum absolute atomic E-state index is 11.6. The molecule has 7 nitrogen and oxygen atoms in total. The van der Waals surface area contributed by atoms with Crippen molar-refractivity contribution in [2.45, 2.75) is 58.3 Å². The third-order valence-electron chi connectivity index (χ3n) is 7.07. The molecule has 1 saturated heterocycles. The van der Waals surface area contributed by atoms with Gasteiger partial charge in [0.25, 0.3) is 0 Å². The van der Waals surface area contributed by atoms with Crippen LogP contribution in [0.1, 0.15) is 31.7 Å². The van der Waals surface area contributed by atoms with Crippen LogP contribution in [0.3, 0.4) is 0 Å². The predicted molar refractivity (Wildman–Crippen MR) is 160 cm³/mol. The minimum Gasteiger partial charge on any atom is -0.481 e. The molecule has 2 aromatic carbocycles. The van der Waals surface area contributed by atoms with Gasteiger partial charge in [-0.1, -0.05) is 80.3 Å². The number of carbonyl (C=O) groups excluding carboxylic acids is 1. The average Bonchev–Trinajstić information content (AvgIpc) is 3.31. The molecule has 1 heterocycles. The van der Waals surface area contributed by atoms with E-state index in [4.69, 9.17) is 4.74 Å². The van der Waals surface area contributed by atoms with Crippen molar-refractivity contribution in [2.24, 2.45) is 5.41 Å². The normalized spacial score (nSPS) is 18.9. The summed E-state index contributed by atoms with van der Waals surface area (Å²) in [5, 5.41) is 18.8. The van der Waals surface area contributed by atoms with Gasteiger partial charge in [-0.3, -0.25) is 9.59 Å². The Morgan fingerprint density at radius 3 is 2.20 bits per heavy atom. The molecular formula is C32H41NO6Si. The first kappa shape index (κ1) is 31.0. The van der Waals surface area contributed by atoms with Crippen molar-refractivity contribution in [2.75, 3.05) is 19.9 Å². The molecule has 0 spiro atoms. The van der Waals surface area contributed by atoms with Crippen molar-refractivity contribution < 1.29 is 29.3 Å². The molecule has 1 aliphatic carbocycles. The van der Waals surface area contributed by atoms with E-state index < -0.39 is 25.4 Å². The number of rotatable bonds is 10. The topological polar surface area (TPSA) is 104 Å². The summed E-state index contributed by atoms with van der Waals surface area (Å²) in [4.78, 5) is 36.0. The zero-order chi connectivity index (χ0) is 29.3. The first-order valence-corrected chi connectivity index (χ1v) is 17.5. The summed E-state index contributed by atoms with van der Waals surface area (Å²) in [6, 6.07) is 19.2. The molecule has 1 aliphatic heterocycles. The van der Waals surface area contributed by atoms with E-state index in [1.807, 2.05) is 59.5 Å². The molecule has 1 amide bonds. The Morgan fingerprint density at radius 1 is 1.00 bits per heavy atom. The third-order valence-corrected chi connectivity index (χ3v) is 8.77. The van der Waals surface area contributed by atoms with Crippen LogP contribution in [-0.4, -0.2) is 60.9 Å². The maximum atomic E-state index is 11.6. The van der Waals surface area contributed by atoms with Gasteiger partial charge < -0.3 is 19.8 Å². The summed E-state index contributed by atoms with van der Waals surface area (Å²) in [6.07, 6.45) is 5.46. The molecule has 0 bridgehead atoms. The van der Waals surface area contributed by atoms with Crippen LogP contribution < -0.4 is 0 Å². The van der Waals surface area contributed by atoms with E-state index in [9.17, 15) is 24.6 Å². The molecule has 2 aromatic rings. The lowest BCUT2D eigenvalue weighted by Crippen LogP contribution is -2.30. The first-order chi connectivity index (χ1) is 18.9. The van der Waals surface area contributed by atoms with E-state index in [0.717, 1.165) is 36.3 Å². The van der Waals surface area contributed by atoms with Crippen LogP contribution in [0.5, 0.6) is 0 Å². The van der Waals surface area contributed by atoms with Gasteiger partial charge in [-0.2, -0.15) is 0 Å². The summed E-state index contributed by atoms with van der Waals surface area (Å²) in [5.74, 6) is -1.83. The predicted octanol–water partition coefficient (Wildman–Crippen LogP) is 6.25. The van der Waals surface area contributed by atoms with Gasteiger partial charge in [-0.25, -0.2) is 4.79 Å². The molecule has 2 N–H and O–H groups in total. The van der Waals surface area contributed by atoms with E-state index in [1.165, 1.54) is 6.04 Å². The highest BCUT2D eigenvalue weighted by Crippen LogP contribution is 2.35. The second-order valence-electron chi connectivity index (χ2n) is 11.9. The molecule has 4 rings (SSSR count). The molecule has 0 saturated carbocycles. The zero-order valence-electron chi connectivity index (χ0n) is 24.0. The fourth-order valence-corrected chi connectivity index (χ4v) is 5.38. The maximum Gasteiger partial charge on any atom is 0.331 e. The van der Waals surface area contributed by atoms with Gasteiger partial charge in [0.15, 0.2) is 0 Å². The van der Waals surface area contributed by atoms with Crippen molar-refractivity contribution in [1.29, 1.82) is 0 Å². The average molecular weight is 564 g/mol. The zero-order valence-corrected chi connectivity index (χ0v) is 25.0. The highest BCUT2D eigenvalue weighted by atomic mass is 28.3. The molecule has 214 valence electrons. The van der Waals surface area contributed by atoms with Crippen LogP contribution in [0.4, 0.5) is 0 Å². The fourth-order valence-electron chi connectivity index (χ4n) is 4.62. The molecule has 1 atom stereocenters. The van der Waals surface area contributed by atoms with Crippen LogP contribution >= 0.6 is 0 Å². The Bertz CT molecular complexity index is 1250. The Balaban J connectivity index is 0.000000267. The quantitative estimate of drug-likeness (QED) is 0.262. The Labute approximate surface area is 238 Å². The van der Waals surface area contributed by atoms with Gasteiger partial charge in [0.1, 0.15) is 6.73 Å². The number of benzene rings is 2. The second-order valence-corrected chi connectivity index (χ2v) is 17.6. The summed E-state index contributed by atoms with van der Waals surface area (Å²) in [5.41, 5.74) is 2.89. The van der Waals surface area contributed by atoms with Crippen molar-refractivity contribution >= 4 is 25.9 Å². The largest absolute Gasteiger partial charge is 0.481 e. The van der Waals surface area contributed by atoms with Crippen LogP contribution in [0.25, 0.3) is 11.1 Å². The summed E-state index contributed by atoms with van der Waals surface area (Å²) in [6.45, 7) is 10.7. The van der Waals surface area contributed by atoms with Gasteiger partial charge in [0.2, 0.25) is 5.91 Å². The molecule has 8 heteroatoms. The van der Waals surface area contributed by atoms with Crippen LogP contribution in [0, 0.1) is 5.41 Å². The fraction of sp³-hybridized carbons (Fsp3) is 0.406. The van der Waals surface area contributed by atoms with Crippen molar-refractivity contribution in [3.05, 3.63) is 83.5 Å². The second kappa shape index (κ2) is 13.7. The Morgan fingerprint density at radius 2 is 1.65 bits per heavy atom. The summed E-state index contributed by atoms with van der Waals surface area (Å²) >= 11 is 0. The lowest BCUT2D eigenvalue weighted by atomic mass is 9.77. The van der Waals surface area contributed by atoms with Gasteiger partial charge in [0, 0.05) is 33.2 Å². The number of amides is 1. The standard InChI is InChI=1S/C22H20O4.C10H21NO2Si/c1-22(21(25)26)13-16(12-19(14-22)20(23)24)11-15-7-9-18(10-8-15)17-5-3-2-4-6-17;1-14(2,3)8-7-13-9-11-6-4-5-10(11)12/h2-10,12-13H,11,14H2,1H3,(H,23,24)(H,25,26);4-9H2,1-3H3. The number of allylic oxidation sites excluding steroid dienone is 2. The monoisotopic (exact) mass is 563 g/mol. The summed E-state index contributed by atoms with van der Waals surface area (Å²) < 4.78 is 5.50. The molecular weight excluding hydrogens is 522 g/mol. The first-order valence-electron chi connectivity index (χ1n) is 13.8. The third kappa shape index (κ3) is 9.31. The Hall–Kier alpha value is -3.49. The Kier molecular flexibility index (Phi) is 10.6. The van der Waals surface area contributed by atoms with Crippen molar-refractivity contribution in [1.82, 2.24) is 4.90 Å². The number of carboxylic acid groups (broad SMARTS) is 2. The van der Waals surface area contributed by atoms with E-state index in [2.05, 4.69) is 19.6 Å². The van der Waals surface area contributed by atoms with E-state index in [-0.39, 0.29) is 17.9 Å². The highest BCUT2D eigenvalue weighted by Gasteiger charge is 2.36. The SMILES string of the molecule is CC1(C(=O)O)C=C(Cc2ccc(-c3ccccc3)cc2)C=C(C(=O)O)C1.C[Si](C)(C)CCOCN1CCCC1=O. The van der Waals surface area contributed by atoms with Gasteiger partial charge in [0.05, 0.1) is 5.41 Å². The van der Waals surface area contributed by atoms with Crippen molar-refractivity contribution in [3.8, 4) is 11.1 Å². The molecule has 2 aliphatic rings. The molecule has 0 radical (unpaired) electrons. The lowest BCUT2D eigenvalue weighted by Gasteiger charge is -2.26. The number of carbonyl (C=O) groups is 3. The van der Waals surface area contributed by atoms with Crippen LogP contribution in [-0.2, 0) is 25.5 Å². The molecule has 1 fully saturated rings. The van der Waals surface area contributed by atoms with Crippen LogP contribution in [0.2, 0.25) is 25.7 Å². The van der Waals surface area contributed by atoms with E-state index >= 15 is 0 Å². The number of hydrogen-bond acceptors (Lipinski definition) is 4. The van der Waals surface area contributed by atoms with Gasteiger partial charge in [-0.15, -0.1) is 0 Å². The number of likely N-dealkylation sites (tertiary alicyclic amines) is 1. The van der Waals surface area contributed by atoms with E-state index in [1.54, 1.807) is 19.1 Å². The van der Waals surface area contributed by atoms with E-state index in [0.29, 0.717) is 25.1 Å². The number of nitrogens with zero attached hydrogens (tertiary/aromatic N) is 1. The summed E-state index contributed by atoms with van der Waals surface area (Å²) in [7, 11) is -0.979. The van der Waals surface area contributed by atoms with Gasteiger partial charge in [-0.05, 0) is 60.6 Å². The number of aliphatic carboxylic acids is 2. The van der Waals surface area contributed by atoms with Gasteiger partial charge >= 0.3 is 11.9 Å². The van der Waals surface area contributed by atoms with Crippen LogP contribution in [0.15, 0.2) is 77.9 Å². The lowest BCUT2D eigenvalue weighted by molar-refractivity contribution is -0.145. The minimum atomic E-state index is -1.19. The smallest absolute Gasteiger partial charge is 0.331 e. The minimum absolute atomic E-state index is 0.00584. The highest BCUT2D eigenvalue weighted by molar-refractivity contribution is 6.76. The number of hydrogen-bond donors (Lipinski definition) is 2. The van der Waals surface area contributed by atoms with Crippen molar-refractivity contribution in [3.63, 3.8) is 0 Å².